The van der Waals surface area contributed by atoms with Gasteiger partial charge >= 0.3 is 11.9 Å². The van der Waals surface area contributed by atoms with E-state index in [4.69, 9.17) is 23.2 Å². The highest BCUT2D eigenvalue weighted by Gasteiger charge is 2.19. The maximum atomic E-state index is 11.7. The Kier molecular flexibility index (Phi) is 5.73. The van der Waals surface area contributed by atoms with Gasteiger partial charge in [-0.15, -0.1) is 0 Å². The van der Waals surface area contributed by atoms with Crippen molar-refractivity contribution in [3.05, 3.63) is 81.8 Å². The highest BCUT2D eigenvalue weighted by atomic mass is 35.5. The second-order valence-electron chi connectivity index (χ2n) is 5.82. The minimum atomic E-state index is -1.20. The van der Waals surface area contributed by atoms with E-state index in [1.165, 1.54) is 12.1 Å². The Morgan fingerprint density at radius 1 is 0.643 bits per heavy atom. The van der Waals surface area contributed by atoms with Gasteiger partial charge < -0.3 is 20.8 Å². The van der Waals surface area contributed by atoms with Crippen molar-refractivity contribution in [3.63, 3.8) is 0 Å². The molecule has 0 aliphatic rings. The molecule has 0 aliphatic heterocycles. The summed E-state index contributed by atoms with van der Waals surface area (Å²) in [7, 11) is 0. The fourth-order valence-electron chi connectivity index (χ4n) is 2.54. The second-order valence-corrected chi connectivity index (χ2v) is 6.69. The van der Waals surface area contributed by atoms with Crippen LogP contribution in [0.3, 0.4) is 0 Å². The molecule has 3 rings (SSSR count). The van der Waals surface area contributed by atoms with E-state index >= 15 is 0 Å². The Morgan fingerprint density at radius 2 is 0.964 bits per heavy atom. The summed E-state index contributed by atoms with van der Waals surface area (Å²) in [5.41, 5.74) is 1.26. The van der Waals surface area contributed by atoms with Crippen molar-refractivity contribution in [2.24, 2.45) is 0 Å². The molecule has 3 aromatic rings. The fourth-order valence-corrected chi connectivity index (χ4v) is 2.79. The van der Waals surface area contributed by atoms with E-state index in [0.29, 0.717) is 21.4 Å². The number of nitrogens with one attached hydrogen (secondary N) is 2. The van der Waals surface area contributed by atoms with E-state index in [2.05, 4.69) is 10.6 Å². The van der Waals surface area contributed by atoms with Gasteiger partial charge in [0.25, 0.3) is 0 Å². The number of aromatic carboxylic acids is 2. The van der Waals surface area contributed by atoms with Gasteiger partial charge in [-0.1, -0.05) is 23.2 Å². The quantitative estimate of drug-likeness (QED) is 0.400. The van der Waals surface area contributed by atoms with Crippen LogP contribution in [0.1, 0.15) is 20.7 Å². The van der Waals surface area contributed by atoms with Gasteiger partial charge in [0.1, 0.15) is 0 Å². The summed E-state index contributed by atoms with van der Waals surface area (Å²) in [5, 5.41) is 26.1. The molecular weight excluding hydrogens is 403 g/mol. The van der Waals surface area contributed by atoms with Crippen LogP contribution in [0.15, 0.2) is 60.7 Å². The van der Waals surface area contributed by atoms with Crippen LogP contribution in [0, 0.1) is 0 Å². The first-order chi connectivity index (χ1) is 13.3. The molecule has 0 aromatic heterocycles. The lowest BCUT2D eigenvalue weighted by molar-refractivity contribution is 0.0683. The number of carboxylic acids is 2. The third-order valence-corrected chi connectivity index (χ3v) is 4.37. The summed E-state index contributed by atoms with van der Waals surface area (Å²) in [6.45, 7) is 0. The van der Waals surface area contributed by atoms with Crippen LogP contribution >= 0.6 is 23.2 Å². The maximum absolute atomic E-state index is 11.7. The Bertz CT molecular complexity index is 950. The third kappa shape index (κ3) is 4.54. The molecule has 0 bridgehead atoms. The van der Waals surface area contributed by atoms with Gasteiger partial charge in [-0.05, 0) is 60.7 Å². The van der Waals surface area contributed by atoms with Crippen molar-refractivity contribution in [1.29, 1.82) is 0 Å². The molecular formula is C20H14Cl2N2O4. The second kappa shape index (κ2) is 8.21. The number of anilines is 4. The predicted molar refractivity (Wildman–Crippen MR) is 110 cm³/mol. The average molecular weight is 417 g/mol. The molecule has 0 heterocycles. The van der Waals surface area contributed by atoms with Gasteiger partial charge in [-0.25, -0.2) is 9.59 Å². The Balaban J connectivity index is 2.04. The summed E-state index contributed by atoms with van der Waals surface area (Å²) >= 11 is 11.7. The molecule has 0 fully saturated rings. The van der Waals surface area contributed by atoms with Crippen molar-refractivity contribution in [2.45, 2.75) is 0 Å². The standard InChI is InChI=1S/C20H14Cl2N2O4/c21-11-1-5-13(6-2-11)23-17-9-16(20(27)28)18(10-15(17)19(25)26)24-14-7-3-12(22)4-8-14/h1-10,23-24H,(H,25,26)(H,27,28). The van der Waals surface area contributed by atoms with Crippen LogP contribution in [-0.2, 0) is 0 Å². The van der Waals surface area contributed by atoms with Crippen LogP contribution in [0.4, 0.5) is 22.7 Å². The zero-order valence-electron chi connectivity index (χ0n) is 14.2. The molecule has 0 spiro atoms. The van der Waals surface area contributed by atoms with Crippen LogP contribution in [0.5, 0.6) is 0 Å². The van der Waals surface area contributed by atoms with E-state index in [0.717, 1.165) is 0 Å². The molecule has 0 radical (unpaired) electrons. The highest BCUT2D eigenvalue weighted by molar-refractivity contribution is 6.30. The summed E-state index contributed by atoms with van der Waals surface area (Å²) in [5.74, 6) is -2.40. The van der Waals surface area contributed by atoms with Crippen molar-refractivity contribution in [3.8, 4) is 0 Å². The van der Waals surface area contributed by atoms with E-state index in [9.17, 15) is 19.8 Å². The number of benzene rings is 3. The smallest absolute Gasteiger partial charge is 0.337 e. The largest absolute Gasteiger partial charge is 0.478 e. The Labute approximate surface area is 170 Å². The molecule has 142 valence electrons. The molecule has 4 N–H and O–H groups in total. The number of rotatable bonds is 6. The normalized spacial score (nSPS) is 10.4. The zero-order chi connectivity index (χ0) is 20.3. The zero-order valence-corrected chi connectivity index (χ0v) is 15.8. The van der Waals surface area contributed by atoms with Crippen LogP contribution < -0.4 is 10.6 Å². The summed E-state index contributed by atoms with van der Waals surface area (Å²) in [6, 6.07) is 15.7. The van der Waals surface area contributed by atoms with Crippen molar-refractivity contribution < 1.29 is 19.8 Å². The highest BCUT2D eigenvalue weighted by Crippen LogP contribution is 2.31. The molecule has 6 nitrogen and oxygen atoms in total. The monoisotopic (exact) mass is 416 g/mol. The SMILES string of the molecule is O=C(O)c1cc(Nc2ccc(Cl)cc2)c(C(=O)O)cc1Nc1ccc(Cl)cc1. The van der Waals surface area contributed by atoms with Crippen LogP contribution in [0.2, 0.25) is 10.0 Å². The predicted octanol–water partition coefficient (Wildman–Crippen LogP) is 5.88. The van der Waals surface area contributed by atoms with E-state index < -0.39 is 11.9 Å². The number of halogens is 2. The lowest BCUT2D eigenvalue weighted by Crippen LogP contribution is -2.09. The van der Waals surface area contributed by atoms with E-state index in [1.54, 1.807) is 48.5 Å². The molecule has 0 amide bonds. The molecule has 3 aromatic carbocycles. The molecule has 0 unspecified atom stereocenters. The van der Waals surface area contributed by atoms with Crippen molar-refractivity contribution in [2.75, 3.05) is 10.6 Å². The topological polar surface area (TPSA) is 98.7 Å². The number of hydrogen-bond donors (Lipinski definition) is 4. The summed E-state index contributed by atoms with van der Waals surface area (Å²) < 4.78 is 0. The van der Waals surface area contributed by atoms with E-state index in [-0.39, 0.29) is 22.5 Å². The minimum absolute atomic E-state index is 0.0867. The molecule has 0 saturated heterocycles. The van der Waals surface area contributed by atoms with Gasteiger partial charge in [0.05, 0.1) is 22.5 Å². The van der Waals surface area contributed by atoms with Gasteiger partial charge in [0.2, 0.25) is 0 Å². The molecule has 0 saturated carbocycles. The number of carboxylic acid groups (broad SMARTS) is 2. The minimum Gasteiger partial charge on any atom is -0.478 e. The maximum Gasteiger partial charge on any atom is 0.337 e. The fraction of sp³-hybridized carbons (Fsp3) is 0. The Morgan fingerprint density at radius 3 is 1.25 bits per heavy atom. The lowest BCUT2D eigenvalue weighted by Gasteiger charge is -2.16. The number of carbonyl (C=O) groups is 2. The lowest BCUT2D eigenvalue weighted by atomic mass is 10.1. The summed E-state index contributed by atoms with van der Waals surface area (Å²) in [4.78, 5) is 23.5. The van der Waals surface area contributed by atoms with Gasteiger partial charge in [-0.3, -0.25) is 0 Å². The first kappa shape index (κ1) is 19.5. The third-order valence-electron chi connectivity index (χ3n) is 3.86. The van der Waals surface area contributed by atoms with Gasteiger partial charge in [-0.2, -0.15) is 0 Å². The van der Waals surface area contributed by atoms with Crippen molar-refractivity contribution in [1.82, 2.24) is 0 Å². The molecule has 0 aliphatic carbocycles. The van der Waals surface area contributed by atoms with Crippen molar-refractivity contribution >= 4 is 57.9 Å². The Hall–Kier alpha value is -3.22. The molecule has 0 atom stereocenters. The summed E-state index contributed by atoms with van der Waals surface area (Å²) in [6.07, 6.45) is 0. The first-order valence-corrected chi connectivity index (χ1v) is 8.79. The molecule has 8 heteroatoms. The van der Waals surface area contributed by atoms with Crippen LogP contribution in [0.25, 0.3) is 0 Å². The van der Waals surface area contributed by atoms with Gasteiger partial charge in [0, 0.05) is 21.4 Å². The molecule has 28 heavy (non-hydrogen) atoms. The van der Waals surface area contributed by atoms with E-state index in [1.807, 2.05) is 0 Å². The number of hydrogen-bond acceptors (Lipinski definition) is 4. The average Bonchev–Trinajstić information content (AvgIpc) is 2.66. The van der Waals surface area contributed by atoms with Gasteiger partial charge in [0.15, 0.2) is 0 Å². The van der Waals surface area contributed by atoms with Crippen LogP contribution in [-0.4, -0.2) is 22.2 Å². The first-order valence-electron chi connectivity index (χ1n) is 8.03.